The quantitative estimate of drug-likeness (QED) is 0.181. The van der Waals surface area contributed by atoms with Gasteiger partial charge in [-0.1, -0.05) is 36.0 Å². The molecule has 1 aromatic carbocycles. The van der Waals surface area contributed by atoms with E-state index in [1.165, 1.54) is 16.3 Å². The van der Waals surface area contributed by atoms with Crippen LogP contribution in [0.3, 0.4) is 0 Å². The van der Waals surface area contributed by atoms with Crippen LogP contribution in [0, 0.1) is 0 Å². The van der Waals surface area contributed by atoms with Crippen LogP contribution in [0.2, 0.25) is 0 Å². The van der Waals surface area contributed by atoms with E-state index in [-0.39, 0.29) is 31.1 Å². The Morgan fingerprint density at radius 3 is 2.88 bits per heavy atom. The zero-order valence-corrected chi connectivity index (χ0v) is 18.6. The second-order valence-electron chi connectivity index (χ2n) is 6.91. The summed E-state index contributed by atoms with van der Waals surface area (Å²) in [6.07, 6.45) is 0.870. The lowest BCUT2D eigenvalue weighted by molar-refractivity contribution is -0.143. The van der Waals surface area contributed by atoms with Gasteiger partial charge >= 0.3 is 11.7 Å². The largest absolute Gasteiger partial charge is 0.463 e. The maximum Gasteiger partial charge on any atom is 0.328 e. The number of carbonyl (C=O) groups is 1. The number of rotatable bonds is 12. The van der Waals surface area contributed by atoms with Crippen molar-refractivity contribution in [1.29, 1.82) is 0 Å². The van der Waals surface area contributed by atoms with Gasteiger partial charge in [0.25, 0.3) is 0 Å². The van der Waals surface area contributed by atoms with Crippen molar-refractivity contribution >= 4 is 34.7 Å². The monoisotopic (exact) mass is 463 g/mol. The molecule has 0 amide bonds. The molecule has 0 atom stereocenters. The van der Waals surface area contributed by atoms with Gasteiger partial charge in [-0.15, -0.1) is 0 Å². The van der Waals surface area contributed by atoms with E-state index in [1.807, 2.05) is 13.0 Å². The highest BCUT2D eigenvalue weighted by atomic mass is 32.2. The molecule has 0 unspecified atom stereocenters. The first kappa shape index (κ1) is 23.7. The van der Waals surface area contributed by atoms with Gasteiger partial charge in [-0.3, -0.25) is 9.36 Å². The zero-order chi connectivity index (χ0) is 22.9. The van der Waals surface area contributed by atoms with E-state index in [0.29, 0.717) is 35.1 Å². The number of imidazole rings is 1. The fraction of sp³-hybridized carbons (Fsp3) is 0.429. The van der Waals surface area contributed by atoms with Crippen molar-refractivity contribution in [3.05, 3.63) is 45.9 Å². The fourth-order valence-electron chi connectivity index (χ4n) is 3.10. The molecule has 2 aromatic heterocycles. The SMILES string of the molecule is CCOCCCSc1nc(N)c2[nH]c(=O)n(Cc3cccc(CC(=O)OCCF)c3)c2n1. The fourth-order valence-corrected chi connectivity index (χ4v) is 3.86. The Morgan fingerprint density at radius 1 is 1.28 bits per heavy atom. The third-order valence-corrected chi connectivity index (χ3v) is 5.45. The number of hydrogen-bond acceptors (Lipinski definition) is 8. The van der Waals surface area contributed by atoms with Gasteiger partial charge in [-0.05, 0) is 24.5 Å². The van der Waals surface area contributed by atoms with Crippen molar-refractivity contribution in [1.82, 2.24) is 19.5 Å². The first-order chi connectivity index (χ1) is 15.5. The van der Waals surface area contributed by atoms with Gasteiger partial charge in [0.2, 0.25) is 0 Å². The van der Waals surface area contributed by atoms with Crippen LogP contribution in [-0.2, 0) is 27.2 Å². The molecule has 3 rings (SSSR count). The summed E-state index contributed by atoms with van der Waals surface area (Å²) in [6.45, 7) is 2.55. The van der Waals surface area contributed by atoms with Gasteiger partial charge in [0, 0.05) is 19.0 Å². The number of nitrogens with zero attached hydrogens (tertiary/aromatic N) is 3. The zero-order valence-electron chi connectivity index (χ0n) is 17.8. The lowest BCUT2D eigenvalue weighted by atomic mass is 10.1. The van der Waals surface area contributed by atoms with Crippen molar-refractivity contribution in [3.8, 4) is 0 Å². The third kappa shape index (κ3) is 6.30. The molecule has 0 aliphatic heterocycles. The Morgan fingerprint density at radius 2 is 2.09 bits per heavy atom. The second-order valence-corrected chi connectivity index (χ2v) is 7.97. The number of nitrogen functional groups attached to an aromatic ring is 1. The van der Waals surface area contributed by atoms with Gasteiger partial charge in [0.15, 0.2) is 16.6 Å². The molecular formula is C21H26FN5O4S. The van der Waals surface area contributed by atoms with Gasteiger partial charge in [0.1, 0.15) is 18.8 Å². The summed E-state index contributed by atoms with van der Waals surface area (Å²) in [7, 11) is 0. The maximum absolute atomic E-state index is 12.6. The molecule has 0 bridgehead atoms. The second kappa shape index (κ2) is 11.6. The number of anilines is 1. The predicted octanol–water partition coefficient (Wildman–Crippen LogP) is 2.32. The summed E-state index contributed by atoms with van der Waals surface area (Å²) in [4.78, 5) is 35.9. The highest BCUT2D eigenvalue weighted by molar-refractivity contribution is 7.99. The molecule has 0 aliphatic carbocycles. The van der Waals surface area contributed by atoms with Crippen LogP contribution >= 0.6 is 11.8 Å². The van der Waals surface area contributed by atoms with Crippen molar-refractivity contribution in [3.63, 3.8) is 0 Å². The Bertz CT molecular complexity index is 1120. The topological polar surface area (TPSA) is 125 Å². The van der Waals surface area contributed by atoms with Crippen LogP contribution in [-0.4, -0.2) is 57.7 Å². The number of esters is 1. The number of alkyl halides is 1. The number of ether oxygens (including phenoxy) is 2. The van der Waals surface area contributed by atoms with Crippen molar-refractivity contribution in [2.24, 2.45) is 0 Å². The van der Waals surface area contributed by atoms with Crippen LogP contribution in [0.25, 0.3) is 11.2 Å². The van der Waals surface area contributed by atoms with E-state index < -0.39 is 12.6 Å². The predicted molar refractivity (Wildman–Crippen MR) is 121 cm³/mol. The number of carbonyl (C=O) groups excluding carboxylic acids is 1. The highest BCUT2D eigenvalue weighted by Crippen LogP contribution is 2.21. The number of nitrogens with two attached hydrogens (primary N) is 1. The molecular weight excluding hydrogens is 437 g/mol. The maximum atomic E-state index is 12.6. The minimum Gasteiger partial charge on any atom is -0.463 e. The van der Waals surface area contributed by atoms with Crippen molar-refractivity contribution in [2.45, 2.75) is 31.5 Å². The molecule has 11 heteroatoms. The van der Waals surface area contributed by atoms with Gasteiger partial charge in [-0.25, -0.2) is 19.2 Å². The summed E-state index contributed by atoms with van der Waals surface area (Å²) < 4.78 is 23.8. The van der Waals surface area contributed by atoms with Gasteiger partial charge < -0.3 is 20.2 Å². The van der Waals surface area contributed by atoms with Crippen LogP contribution in [0.5, 0.6) is 0 Å². The minimum atomic E-state index is -0.715. The standard InChI is InChI=1S/C21H26FN5O4S/c1-2-30-8-4-10-32-20-25-18(23)17-19(26-20)27(21(29)24-17)13-15-6-3-5-14(11-15)12-16(28)31-9-7-22/h3,5-6,11H,2,4,7-10,12-13H2,1H3,(H,24,29)(H2,23,25,26). The van der Waals surface area contributed by atoms with Gasteiger partial charge in [0.05, 0.1) is 13.0 Å². The van der Waals surface area contributed by atoms with E-state index in [9.17, 15) is 14.0 Å². The van der Waals surface area contributed by atoms with Crippen molar-refractivity contribution < 1.29 is 18.7 Å². The normalized spacial score (nSPS) is 11.2. The number of H-pyrrole nitrogens is 1. The average Bonchev–Trinajstić information content (AvgIpc) is 3.08. The Labute approximate surface area is 188 Å². The number of benzene rings is 1. The molecule has 0 aliphatic rings. The third-order valence-electron chi connectivity index (χ3n) is 4.52. The van der Waals surface area contributed by atoms with Gasteiger partial charge in [-0.2, -0.15) is 0 Å². The molecule has 32 heavy (non-hydrogen) atoms. The van der Waals surface area contributed by atoms with Crippen LogP contribution in [0.4, 0.5) is 10.2 Å². The van der Waals surface area contributed by atoms with Crippen LogP contribution in [0.15, 0.2) is 34.2 Å². The summed E-state index contributed by atoms with van der Waals surface area (Å²) in [6, 6.07) is 7.21. The molecule has 0 radical (unpaired) electrons. The van der Waals surface area contributed by atoms with E-state index in [0.717, 1.165) is 17.7 Å². The Kier molecular flexibility index (Phi) is 8.63. The number of aromatic amines is 1. The minimum absolute atomic E-state index is 0.0221. The number of hydrogen-bond donors (Lipinski definition) is 2. The van der Waals surface area contributed by atoms with E-state index >= 15 is 0 Å². The number of aromatic nitrogens is 4. The summed E-state index contributed by atoms with van der Waals surface area (Å²) in [5, 5.41) is 0.489. The molecule has 9 nitrogen and oxygen atoms in total. The van der Waals surface area contributed by atoms with Crippen molar-refractivity contribution in [2.75, 3.05) is 38.0 Å². The summed E-state index contributed by atoms with van der Waals surface area (Å²) >= 11 is 1.45. The number of halogens is 1. The molecule has 172 valence electrons. The van der Waals surface area contributed by atoms with E-state index in [4.69, 9.17) is 15.2 Å². The average molecular weight is 464 g/mol. The Hall–Kier alpha value is -2.92. The lowest BCUT2D eigenvalue weighted by Crippen LogP contribution is -2.18. The Balaban J connectivity index is 1.78. The van der Waals surface area contributed by atoms with E-state index in [1.54, 1.807) is 18.2 Å². The number of nitrogens with one attached hydrogen (secondary N) is 1. The van der Waals surface area contributed by atoms with E-state index in [2.05, 4.69) is 15.0 Å². The number of thioether (sulfide) groups is 1. The summed E-state index contributed by atoms with van der Waals surface area (Å²) in [5.74, 6) is 0.471. The molecule has 0 fully saturated rings. The smallest absolute Gasteiger partial charge is 0.328 e. The van der Waals surface area contributed by atoms with Crippen LogP contribution in [0.1, 0.15) is 24.5 Å². The first-order valence-electron chi connectivity index (χ1n) is 10.3. The molecule has 3 aromatic rings. The summed E-state index contributed by atoms with van der Waals surface area (Å²) in [5.41, 5.74) is 8.01. The molecule has 2 heterocycles. The molecule has 0 saturated heterocycles. The lowest BCUT2D eigenvalue weighted by Gasteiger charge is -2.08. The highest BCUT2D eigenvalue weighted by Gasteiger charge is 2.15. The first-order valence-corrected chi connectivity index (χ1v) is 11.3. The molecule has 0 spiro atoms. The van der Waals surface area contributed by atoms with Crippen LogP contribution < -0.4 is 11.4 Å². The molecule has 3 N–H and O–H groups in total. The molecule has 0 saturated carbocycles. The number of fused-ring (bicyclic) bond motifs is 1.